The van der Waals surface area contributed by atoms with Crippen LogP contribution in [-0.4, -0.2) is 44.3 Å². The zero-order valence-electron chi connectivity index (χ0n) is 20.5. The van der Waals surface area contributed by atoms with Gasteiger partial charge in [0.05, 0.1) is 6.54 Å². The number of imidazole rings is 2. The highest BCUT2D eigenvalue weighted by molar-refractivity contribution is 5.81. The maximum atomic E-state index is 13.7. The summed E-state index contributed by atoms with van der Waals surface area (Å²) in [5.41, 5.74) is 4.59. The van der Waals surface area contributed by atoms with E-state index in [0.717, 1.165) is 60.2 Å². The first kappa shape index (κ1) is 23.4. The highest BCUT2D eigenvalue weighted by atomic mass is 16.1. The summed E-state index contributed by atoms with van der Waals surface area (Å²) in [4.78, 5) is 22.6. The van der Waals surface area contributed by atoms with Crippen molar-refractivity contribution in [2.24, 2.45) is 0 Å². The molecule has 0 amide bonds. The van der Waals surface area contributed by atoms with Gasteiger partial charge in [0.25, 0.3) is 0 Å². The topological polar surface area (TPSA) is 112 Å². The lowest BCUT2D eigenvalue weighted by Crippen LogP contribution is -2.26. The molecule has 0 aliphatic heterocycles. The quantitative estimate of drug-likeness (QED) is 0.323. The zero-order chi connectivity index (χ0) is 24.9. The molecule has 184 valence electrons. The molecule has 0 saturated heterocycles. The fourth-order valence-electron chi connectivity index (χ4n) is 4.51. The molecule has 10 nitrogen and oxygen atoms in total. The second-order valence-electron chi connectivity index (χ2n) is 8.70. The molecule has 0 atom stereocenters. The molecule has 0 fully saturated rings. The molecule has 4 aromatic heterocycles. The number of hydrogen-bond donors (Lipinski definition) is 1. The van der Waals surface area contributed by atoms with Crippen molar-refractivity contribution in [2.45, 2.75) is 52.6 Å². The Balaban J connectivity index is 1.60. The Morgan fingerprint density at radius 1 is 1.00 bits per heavy atom. The summed E-state index contributed by atoms with van der Waals surface area (Å²) in [6.07, 6.45) is 13.0. The molecule has 4 heterocycles. The summed E-state index contributed by atoms with van der Waals surface area (Å²) in [5, 5.41) is 14.6. The normalized spacial score (nSPS) is 11.3. The first-order valence-electron chi connectivity index (χ1n) is 12.3. The van der Waals surface area contributed by atoms with E-state index < -0.39 is 0 Å². The summed E-state index contributed by atoms with van der Waals surface area (Å²) in [6, 6.07) is 9.88. The Hall–Kier alpha value is -4.34. The lowest BCUT2D eigenvalue weighted by molar-refractivity contribution is 0.637. The van der Waals surface area contributed by atoms with Gasteiger partial charge in [-0.3, -0.25) is 9.55 Å². The van der Waals surface area contributed by atoms with E-state index in [1.165, 1.54) is 0 Å². The Morgan fingerprint density at radius 2 is 1.86 bits per heavy atom. The molecule has 0 aliphatic rings. The molecule has 1 N–H and O–H groups in total. The molecule has 0 aliphatic carbocycles. The van der Waals surface area contributed by atoms with E-state index in [2.05, 4.69) is 44.4 Å². The minimum atomic E-state index is -0.106. The molecule has 0 saturated carbocycles. The highest BCUT2D eigenvalue weighted by Crippen LogP contribution is 2.32. The Kier molecular flexibility index (Phi) is 6.83. The lowest BCUT2D eigenvalue weighted by atomic mass is 9.96. The third-order valence-corrected chi connectivity index (χ3v) is 6.26. The average Bonchev–Trinajstić information content (AvgIpc) is 3.66. The van der Waals surface area contributed by atoms with Gasteiger partial charge < -0.3 is 4.57 Å². The number of nitrogens with one attached hydrogen (secondary N) is 1. The van der Waals surface area contributed by atoms with Crippen LogP contribution in [0.5, 0.6) is 0 Å². The van der Waals surface area contributed by atoms with Crippen molar-refractivity contribution in [3.63, 3.8) is 0 Å². The van der Waals surface area contributed by atoms with Gasteiger partial charge in [-0.2, -0.15) is 5.21 Å². The van der Waals surface area contributed by atoms with E-state index in [0.29, 0.717) is 18.3 Å². The minimum Gasteiger partial charge on any atom is -0.317 e. The van der Waals surface area contributed by atoms with Gasteiger partial charge in [-0.05, 0) is 47.2 Å². The number of pyridine rings is 1. The van der Waals surface area contributed by atoms with Crippen molar-refractivity contribution < 1.29 is 0 Å². The number of nitrogens with zero attached hydrogens (tertiary/aromatic N) is 8. The first-order chi connectivity index (χ1) is 17.7. The van der Waals surface area contributed by atoms with E-state index in [1.54, 1.807) is 17.0 Å². The number of aromatic amines is 1. The summed E-state index contributed by atoms with van der Waals surface area (Å²) in [7, 11) is 0. The SMILES string of the molecule is CCCCc1cn(-c2nccn2CCC)c(=O)n1Cc1cnccc1-c1ccccc1-c1nn[nH]n1. The third-order valence-electron chi connectivity index (χ3n) is 6.26. The fourth-order valence-corrected chi connectivity index (χ4v) is 4.51. The molecule has 0 spiro atoms. The smallest absolute Gasteiger partial charge is 0.317 e. The van der Waals surface area contributed by atoms with Gasteiger partial charge in [-0.25, -0.2) is 14.3 Å². The lowest BCUT2D eigenvalue weighted by Gasteiger charge is -2.13. The van der Waals surface area contributed by atoms with Gasteiger partial charge in [-0.15, -0.1) is 10.2 Å². The van der Waals surface area contributed by atoms with Crippen molar-refractivity contribution in [1.29, 1.82) is 0 Å². The number of H-pyrrole nitrogens is 1. The highest BCUT2D eigenvalue weighted by Gasteiger charge is 2.19. The number of aryl methyl sites for hydroxylation is 2. The summed E-state index contributed by atoms with van der Waals surface area (Å²) in [6.45, 7) is 5.46. The zero-order valence-corrected chi connectivity index (χ0v) is 20.5. The van der Waals surface area contributed by atoms with Crippen LogP contribution in [0.2, 0.25) is 0 Å². The van der Waals surface area contributed by atoms with Crippen LogP contribution >= 0.6 is 0 Å². The Morgan fingerprint density at radius 3 is 2.64 bits per heavy atom. The van der Waals surface area contributed by atoms with Gasteiger partial charge in [0.1, 0.15) is 0 Å². The van der Waals surface area contributed by atoms with Gasteiger partial charge in [-0.1, -0.05) is 44.5 Å². The molecule has 0 unspecified atom stereocenters. The summed E-state index contributed by atoms with van der Waals surface area (Å²) >= 11 is 0. The molecule has 0 bridgehead atoms. The molecule has 0 radical (unpaired) electrons. The van der Waals surface area contributed by atoms with Crippen molar-refractivity contribution in [3.05, 3.63) is 83.1 Å². The fraction of sp³-hybridized carbons (Fsp3) is 0.308. The van der Waals surface area contributed by atoms with E-state index in [1.807, 2.05) is 58.1 Å². The summed E-state index contributed by atoms with van der Waals surface area (Å²) < 4.78 is 5.54. The molecule has 10 heteroatoms. The third kappa shape index (κ3) is 4.49. The first-order valence-corrected chi connectivity index (χ1v) is 12.3. The van der Waals surface area contributed by atoms with Crippen LogP contribution < -0.4 is 5.69 Å². The van der Waals surface area contributed by atoms with Crippen LogP contribution in [0.25, 0.3) is 28.5 Å². The average molecular weight is 484 g/mol. The van der Waals surface area contributed by atoms with E-state index >= 15 is 0 Å². The van der Waals surface area contributed by atoms with E-state index in [4.69, 9.17) is 0 Å². The van der Waals surface area contributed by atoms with Crippen LogP contribution in [0.15, 0.2) is 66.1 Å². The predicted octanol–water partition coefficient (Wildman–Crippen LogP) is 3.88. The van der Waals surface area contributed by atoms with Crippen molar-refractivity contribution in [2.75, 3.05) is 0 Å². The van der Waals surface area contributed by atoms with Crippen molar-refractivity contribution in [3.8, 4) is 28.5 Å². The molecular weight excluding hydrogens is 454 g/mol. The second kappa shape index (κ2) is 10.5. The Bertz CT molecular complexity index is 1490. The number of hydrogen-bond acceptors (Lipinski definition) is 6. The van der Waals surface area contributed by atoms with E-state index in [-0.39, 0.29) is 5.69 Å². The number of rotatable bonds is 10. The Labute approximate surface area is 208 Å². The number of benzene rings is 1. The van der Waals surface area contributed by atoms with Crippen LogP contribution in [0, 0.1) is 0 Å². The molecule has 36 heavy (non-hydrogen) atoms. The molecular formula is C26H29N9O. The van der Waals surface area contributed by atoms with Crippen molar-refractivity contribution in [1.82, 2.24) is 44.3 Å². The van der Waals surface area contributed by atoms with Gasteiger partial charge in [0, 0.05) is 48.8 Å². The van der Waals surface area contributed by atoms with Gasteiger partial charge in [0.15, 0.2) is 0 Å². The summed E-state index contributed by atoms with van der Waals surface area (Å²) in [5.74, 6) is 1.16. The monoisotopic (exact) mass is 483 g/mol. The van der Waals surface area contributed by atoms with Crippen LogP contribution in [0.4, 0.5) is 0 Å². The van der Waals surface area contributed by atoms with Crippen LogP contribution in [-0.2, 0) is 19.5 Å². The maximum absolute atomic E-state index is 13.7. The number of tetrazole rings is 1. The van der Waals surface area contributed by atoms with E-state index in [9.17, 15) is 4.79 Å². The maximum Gasteiger partial charge on any atom is 0.335 e. The van der Waals surface area contributed by atoms with Crippen molar-refractivity contribution >= 4 is 0 Å². The standard InChI is InChI=1S/C26H29N9O/c1-3-5-8-20-18-35(25-28-13-15-33(25)14-4-2)26(36)34(20)17-19-16-27-12-11-21(19)22-9-6-7-10-23(22)24-29-31-32-30-24/h6-7,9-13,15-16,18H,3-5,8,14,17H2,1-2H3,(H,29,30,31,32). The van der Waals surface area contributed by atoms with Crippen LogP contribution in [0.3, 0.4) is 0 Å². The molecule has 1 aromatic carbocycles. The number of aromatic nitrogens is 9. The van der Waals surface area contributed by atoms with Gasteiger partial charge >= 0.3 is 5.69 Å². The second-order valence-corrected chi connectivity index (χ2v) is 8.70. The van der Waals surface area contributed by atoms with Crippen LogP contribution in [0.1, 0.15) is 44.4 Å². The minimum absolute atomic E-state index is 0.106. The molecule has 5 aromatic rings. The largest absolute Gasteiger partial charge is 0.335 e. The predicted molar refractivity (Wildman–Crippen MR) is 137 cm³/mol. The molecule has 5 rings (SSSR count). The number of unbranched alkanes of at least 4 members (excludes halogenated alkanes) is 1. The van der Waals surface area contributed by atoms with Gasteiger partial charge in [0.2, 0.25) is 11.8 Å².